The van der Waals surface area contributed by atoms with Crippen LogP contribution in [0.25, 0.3) is 0 Å². The van der Waals surface area contributed by atoms with Crippen LogP contribution in [0.2, 0.25) is 0 Å². The molecule has 8 aromatic rings. The molecular formula is C73H126N18. The number of hydrogen-bond donors (Lipinski definition) is 0. The molecule has 0 spiro atoms. The standard InChI is InChI=1S/C11H17N.2C10H16N2.2C9H16N2.3C8H15N3/c1-8(2)10-6-5-7-11(12-10)9(3)4;1-7(2)9-5-12-10(6-11-9)8(3)4;1-7(2)9-5-11-6-10(12-9)8(3)4;1-7(2)9-5-10-11(6-9)8(3)4;1-7(2)9-5-6-11(10-9)8(3)4;1-6(2)8-9-5-11(10-8)7(3)4;1-6(2)8-5-11(7(3)4)10-9-8;1-6(2)8-5-9-11(10-8)7(3)4/h5-9H,1-4H3;2*5-8H,1-4H3;2*5-8H,1-4H3;3*5-7H,1-4H3. The van der Waals surface area contributed by atoms with E-state index in [4.69, 9.17) is 0 Å². The molecule has 91 heavy (non-hydrogen) atoms. The van der Waals surface area contributed by atoms with Crippen molar-refractivity contribution in [3.8, 4) is 0 Å². The SMILES string of the molecule is CC(C)c1cccc(C(C)C)n1.CC(C)c1ccn(C(C)C)n1.CC(C)c1cn(C(C)C)nn1.CC(C)c1cnc(C(C)C)cn1.CC(C)c1cncc(C(C)C)n1.CC(C)c1cnn(C(C)C)c1.CC(C)c1cnn(C(C)C)n1.CC(C)c1ncn(C(C)C)n1. The molecular weight excluding hydrogens is 1130 g/mol. The Bertz CT molecular complexity index is 2580. The number of nitrogens with zero attached hydrogens (tertiary/aromatic N) is 18. The van der Waals surface area contributed by atoms with Gasteiger partial charge in [0.2, 0.25) is 0 Å². The Balaban J connectivity index is 0.000000520. The third-order valence-electron chi connectivity index (χ3n) is 14.1. The summed E-state index contributed by atoms with van der Waals surface area (Å²) in [5.41, 5.74) is 11.3. The van der Waals surface area contributed by atoms with Crippen LogP contribution in [0.1, 0.15) is 379 Å². The molecule has 0 saturated heterocycles. The zero-order valence-corrected chi connectivity index (χ0v) is 62.9. The summed E-state index contributed by atoms with van der Waals surface area (Å²) < 4.78 is 7.76. The number of aromatic nitrogens is 18. The van der Waals surface area contributed by atoms with Crippen molar-refractivity contribution >= 4 is 0 Å². The second-order valence-corrected chi connectivity index (χ2v) is 28.2. The Morgan fingerprint density at radius 1 is 0.297 bits per heavy atom. The van der Waals surface area contributed by atoms with E-state index in [0.717, 1.165) is 40.0 Å². The van der Waals surface area contributed by atoms with Crippen LogP contribution in [0, 0.1) is 0 Å². The molecule has 8 aromatic heterocycles. The summed E-state index contributed by atoms with van der Waals surface area (Å²) in [5, 5.41) is 29.5. The second kappa shape index (κ2) is 41.6. The number of rotatable bonds is 16. The van der Waals surface area contributed by atoms with Gasteiger partial charge in [-0.15, -0.1) is 5.10 Å². The van der Waals surface area contributed by atoms with Gasteiger partial charge in [0.05, 0.1) is 58.3 Å². The van der Waals surface area contributed by atoms with Crippen LogP contribution >= 0.6 is 0 Å². The van der Waals surface area contributed by atoms with Gasteiger partial charge < -0.3 is 0 Å². The molecule has 0 aliphatic heterocycles. The third kappa shape index (κ3) is 31.4. The monoisotopic (exact) mass is 1260 g/mol. The van der Waals surface area contributed by atoms with E-state index in [-0.39, 0.29) is 0 Å². The van der Waals surface area contributed by atoms with E-state index in [1.807, 2.05) is 68.3 Å². The maximum atomic E-state index is 4.57. The lowest BCUT2D eigenvalue weighted by molar-refractivity contribution is 0.461. The highest BCUT2D eigenvalue weighted by Crippen LogP contribution is 2.20. The number of pyridine rings is 1. The second-order valence-electron chi connectivity index (χ2n) is 28.2. The topological polar surface area (TPSA) is 192 Å². The van der Waals surface area contributed by atoms with Crippen LogP contribution in [0.3, 0.4) is 0 Å². The highest BCUT2D eigenvalue weighted by Gasteiger charge is 2.11. The van der Waals surface area contributed by atoms with E-state index >= 15 is 0 Å². The zero-order chi connectivity index (χ0) is 69.6. The van der Waals surface area contributed by atoms with Crippen LogP contribution < -0.4 is 0 Å². The van der Waals surface area contributed by atoms with Crippen LogP contribution in [-0.2, 0) is 0 Å². The van der Waals surface area contributed by atoms with Crippen LogP contribution in [0.5, 0.6) is 0 Å². The Morgan fingerprint density at radius 2 is 0.736 bits per heavy atom. The predicted octanol–water partition coefficient (Wildman–Crippen LogP) is 19.9. The maximum Gasteiger partial charge on any atom is 0.153 e. The Kier molecular flexibility index (Phi) is 37.6. The minimum Gasteiger partial charge on any atom is -0.270 e. The molecule has 0 saturated carbocycles. The van der Waals surface area contributed by atoms with Gasteiger partial charge in [0.25, 0.3) is 0 Å². The molecule has 0 fully saturated rings. The fourth-order valence-corrected chi connectivity index (χ4v) is 7.30. The summed E-state index contributed by atoms with van der Waals surface area (Å²) in [7, 11) is 0. The predicted molar refractivity (Wildman–Crippen MR) is 380 cm³/mol. The third-order valence-corrected chi connectivity index (χ3v) is 14.1. The van der Waals surface area contributed by atoms with Crippen molar-refractivity contribution in [1.29, 1.82) is 0 Å². The van der Waals surface area contributed by atoms with Gasteiger partial charge in [-0.2, -0.15) is 30.3 Å². The fourth-order valence-electron chi connectivity index (χ4n) is 7.30. The van der Waals surface area contributed by atoms with Crippen LogP contribution in [0.15, 0.2) is 86.4 Å². The van der Waals surface area contributed by atoms with Gasteiger partial charge in [-0.25, -0.2) is 9.67 Å². The first-order chi connectivity index (χ1) is 42.4. The van der Waals surface area contributed by atoms with E-state index in [0.29, 0.717) is 95.3 Å². The molecule has 0 unspecified atom stereocenters. The molecule has 0 amide bonds. The van der Waals surface area contributed by atoms with Crippen LogP contribution in [0.4, 0.5) is 0 Å². The molecule has 8 rings (SSSR count). The fraction of sp³-hybridized carbons (Fsp3) is 0.658. The average Bonchev–Trinajstić information content (AvgIpc) is 3.54. The molecule has 0 aromatic carbocycles. The quantitative estimate of drug-likeness (QED) is 0.0888. The number of hydrogen-bond acceptors (Lipinski definition) is 13. The van der Waals surface area contributed by atoms with E-state index < -0.39 is 0 Å². The maximum absolute atomic E-state index is 4.57. The lowest BCUT2D eigenvalue weighted by atomic mass is 10.1. The summed E-state index contributed by atoms with van der Waals surface area (Å²) in [4.78, 5) is 27.9. The molecule has 0 aliphatic carbocycles. The van der Waals surface area contributed by atoms with E-state index in [9.17, 15) is 0 Å². The molecule has 0 aliphatic rings. The summed E-state index contributed by atoms with van der Waals surface area (Å²) in [5.74, 6) is 6.37. The molecule has 0 bridgehead atoms. The molecule has 0 atom stereocenters. The highest BCUT2D eigenvalue weighted by atomic mass is 15.5. The first-order valence-electron chi connectivity index (χ1n) is 33.8. The van der Waals surface area contributed by atoms with Crippen molar-refractivity contribution < 1.29 is 0 Å². The molecule has 18 heteroatoms. The minimum atomic E-state index is 0.363. The van der Waals surface area contributed by atoms with E-state index in [1.54, 1.807) is 11.1 Å². The minimum absolute atomic E-state index is 0.363. The van der Waals surface area contributed by atoms with Gasteiger partial charge in [0.1, 0.15) is 6.33 Å². The van der Waals surface area contributed by atoms with Crippen molar-refractivity contribution in [2.75, 3.05) is 0 Å². The van der Waals surface area contributed by atoms with Gasteiger partial charge in [-0.05, 0) is 152 Å². The van der Waals surface area contributed by atoms with Gasteiger partial charge in [-0.1, -0.05) is 164 Å². The lowest BCUT2D eigenvalue weighted by Gasteiger charge is -2.08. The van der Waals surface area contributed by atoms with Crippen molar-refractivity contribution in [2.45, 2.75) is 317 Å². The Labute approximate surface area is 552 Å². The van der Waals surface area contributed by atoms with E-state index in [1.165, 1.54) is 22.6 Å². The zero-order valence-electron chi connectivity index (χ0n) is 62.9. The van der Waals surface area contributed by atoms with Crippen molar-refractivity contribution in [2.24, 2.45) is 0 Å². The molecule has 8 heterocycles. The lowest BCUT2D eigenvalue weighted by Crippen LogP contribution is -2.05. The van der Waals surface area contributed by atoms with Crippen molar-refractivity contribution in [3.63, 3.8) is 0 Å². The molecule has 0 radical (unpaired) electrons. The first-order valence-corrected chi connectivity index (χ1v) is 33.8. The summed E-state index contributed by atoms with van der Waals surface area (Å²) in [6, 6.07) is 10.5. The van der Waals surface area contributed by atoms with Gasteiger partial charge in [0.15, 0.2) is 5.82 Å². The van der Waals surface area contributed by atoms with Gasteiger partial charge in [0, 0.05) is 84.9 Å². The smallest absolute Gasteiger partial charge is 0.153 e. The van der Waals surface area contributed by atoms with Crippen LogP contribution in [-0.4, -0.2) is 89.2 Å². The summed E-state index contributed by atoms with van der Waals surface area (Å²) >= 11 is 0. The summed E-state index contributed by atoms with van der Waals surface area (Å²) in [6.45, 7) is 68.2. The van der Waals surface area contributed by atoms with Gasteiger partial charge in [-0.3, -0.25) is 39.0 Å². The largest absolute Gasteiger partial charge is 0.270 e. The van der Waals surface area contributed by atoms with Gasteiger partial charge >= 0.3 is 0 Å². The first kappa shape index (κ1) is 82.2. The average molecular weight is 1260 g/mol. The Morgan fingerprint density at radius 3 is 1.01 bits per heavy atom. The molecule has 508 valence electrons. The Hall–Kier alpha value is -6.85. The van der Waals surface area contributed by atoms with E-state index in [2.05, 4.69) is 318 Å². The normalized spacial score (nSPS) is 11.3. The summed E-state index contributed by atoms with van der Waals surface area (Å²) in [6.07, 6.45) is 19.2. The molecule has 18 nitrogen and oxygen atoms in total. The van der Waals surface area contributed by atoms with Crippen molar-refractivity contribution in [1.82, 2.24) is 89.2 Å². The van der Waals surface area contributed by atoms with Crippen molar-refractivity contribution in [3.05, 3.63) is 149 Å². The molecule has 0 N–H and O–H groups in total. The highest BCUT2D eigenvalue weighted by molar-refractivity contribution is 5.16.